The smallest absolute Gasteiger partial charge is 0.115 e. The molecule has 0 saturated heterocycles. The molecular formula is C8H10N6. The number of aromatic nitrogens is 5. The van der Waals surface area contributed by atoms with Crippen LogP contribution in [-0.4, -0.2) is 25.0 Å². The fourth-order valence-corrected chi connectivity index (χ4v) is 1.05. The molecular weight excluding hydrogens is 180 g/mol. The van der Waals surface area contributed by atoms with Gasteiger partial charge in [0.25, 0.3) is 0 Å². The van der Waals surface area contributed by atoms with Gasteiger partial charge >= 0.3 is 0 Å². The minimum Gasteiger partial charge on any atom is -0.377 e. The first-order chi connectivity index (χ1) is 6.86. The Kier molecular flexibility index (Phi) is 2.35. The van der Waals surface area contributed by atoms with Gasteiger partial charge in [-0.3, -0.25) is 4.68 Å². The van der Waals surface area contributed by atoms with Crippen LogP contribution in [0.15, 0.2) is 24.9 Å². The highest BCUT2D eigenvalue weighted by Gasteiger charge is 1.98. The lowest BCUT2D eigenvalue weighted by atomic mass is 10.4. The Bertz CT molecular complexity index is 395. The van der Waals surface area contributed by atoms with Gasteiger partial charge in [-0.15, -0.1) is 5.10 Å². The fourth-order valence-electron chi connectivity index (χ4n) is 1.05. The predicted octanol–water partition coefficient (Wildman–Crippen LogP) is 0.217. The highest BCUT2D eigenvalue weighted by molar-refractivity contribution is 5.37. The molecule has 0 aliphatic heterocycles. The lowest BCUT2D eigenvalue weighted by molar-refractivity contribution is 0.683. The van der Waals surface area contributed by atoms with Gasteiger partial charge < -0.3 is 5.32 Å². The molecule has 0 aliphatic carbocycles. The molecule has 2 heterocycles. The van der Waals surface area contributed by atoms with Gasteiger partial charge in [0.2, 0.25) is 0 Å². The molecule has 0 fully saturated rings. The Balaban J connectivity index is 1.99. The van der Waals surface area contributed by atoms with Gasteiger partial charge in [-0.25, -0.2) is 9.97 Å². The van der Waals surface area contributed by atoms with Crippen LogP contribution >= 0.6 is 0 Å². The summed E-state index contributed by atoms with van der Waals surface area (Å²) in [5.41, 5.74) is 1.89. The molecule has 72 valence electrons. The summed E-state index contributed by atoms with van der Waals surface area (Å²) >= 11 is 0. The van der Waals surface area contributed by atoms with Crippen LogP contribution in [0.1, 0.15) is 5.69 Å². The Labute approximate surface area is 81.0 Å². The van der Waals surface area contributed by atoms with Crippen LogP contribution in [0.5, 0.6) is 0 Å². The van der Waals surface area contributed by atoms with Crippen LogP contribution in [0.3, 0.4) is 0 Å². The zero-order valence-electron chi connectivity index (χ0n) is 7.75. The minimum absolute atomic E-state index is 0.664. The SMILES string of the molecule is Cn1nncc1CNc1cncnc1. The summed E-state index contributed by atoms with van der Waals surface area (Å²) in [6.07, 6.45) is 6.65. The number of anilines is 1. The molecule has 0 aromatic carbocycles. The average Bonchev–Trinajstić information content (AvgIpc) is 2.63. The van der Waals surface area contributed by atoms with Crippen molar-refractivity contribution < 1.29 is 0 Å². The third-order valence-corrected chi connectivity index (χ3v) is 1.84. The monoisotopic (exact) mass is 190 g/mol. The van der Waals surface area contributed by atoms with Gasteiger partial charge in [-0.05, 0) is 0 Å². The first-order valence-electron chi connectivity index (χ1n) is 4.18. The maximum absolute atomic E-state index is 3.90. The summed E-state index contributed by atoms with van der Waals surface area (Å²) in [6, 6.07) is 0. The molecule has 0 amide bonds. The van der Waals surface area contributed by atoms with Gasteiger partial charge in [0.05, 0.1) is 36.5 Å². The van der Waals surface area contributed by atoms with Crippen LogP contribution < -0.4 is 5.32 Å². The van der Waals surface area contributed by atoms with E-state index >= 15 is 0 Å². The number of nitrogens with zero attached hydrogens (tertiary/aromatic N) is 5. The normalized spacial score (nSPS) is 10.1. The molecule has 2 aromatic heterocycles. The molecule has 2 aromatic rings. The van der Waals surface area contributed by atoms with Gasteiger partial charge in [0.1, 0.15) is 6.33 Å². The van der Waals surface area contributed by atoms with E-state index in [0.717, 1.165) is 11.4 Å². The number of hydrogen-bond donors (Lipinski definition) is 1. The maximum Gasteiger partial charge on any atom is 0.115 e. The van der Waals surface area contributed by atoms with Gasteiger partial charge in [0.15, 0.2) is 0 Å². The van der Waals surface area contributed by atoms with E-state index in [4.69, 9.17) is 0 Å². The molecule has 0 unspecified atom stereocenters. The topological polar surface area (TPSA) is 68.5 Å². The van der Waals surface area contributed by atoms with E-state index in [-0.39, 0.29) is 0 Å². The molecule has 1 N–H and O–H groups in total. The number of hydrogen-bond acceptors (Lipinski definition) is 5. The van der Waals surface area contributed by atoms with E-state index in [9.17, 15) is 0 Å². The summed E-state index contributed by atoms with van der Waals surface area (Å²) in [7, 11) is 1.85. The molecule has 0 radical (unpaired) electrons. The third kappa shape index (κ3) is 1.85. The average molecular weight is 190 g/mol. The van der Waals surface area contributed by atoms with Gasteiger partial charge in [0, 0.05) is 7.05 Å². The summed E-state index contributed by atoms with van der Waals surface area (Å²) in [5, 5.41) is 10.8. The first-order valence-corrected chi connectivity index (χ1v) is 4.18. The third-order valence-electron chi connectivity index (χ3n) is 1.84. The molecule has 14 heavy (non-hydrogen) atoms. The zero-order chi connectivity index (χ0) is 9.80. The Morgan fingerprint density at radius 1 is 1.29 bits per heavy atom. The van der Waals surface area contributed by atoms with Crippen molar-refractivity contribution in [2.75, 3.05) is 5.32 Å². The lowest BCUT2D eigenvalue weighted by Gasteiger charge is -2.03. The van der Waals surface area contributed by atoms with Gasteiger partial charge in [-0.2, -0.15) is 0 Å². The Morgan fingerprint density at radius 2 is 2.07 bits per heavy atom. The standard InChI is InChI=1S/C8H10N6/c1-14-8(5-12-13-14)4-11-7-2-9-6-10-3-7/h2-3,5-6,11H,4H2,1H3. The van der Waals surface area contributed by atoms with Crippen LogP contribution in [0.4, 0.5) is 5.69 Å². The van der Waals surface area contributed by atoms with Crippen LogP contribution in [0.2, 0.25) is 0 Å². The van der Waals surface area contributed by atoms with Crippen molar-refractivity contribution in [1.29, 1.82) is 0 Å². The zero-order valence-corrected chi connectivity index (χ0v) is 7.75. The molecule has 2 rings (SSSR count). The fraction of sp³-hybridized carbons (Fsp3) is 0.250. The second-order valence-corrected chi connectivity index (χ2v) is 2.83. The van der Waals surface area contributed by atoms with Crippen LogP contribution in [0, 0.1) is 0 Å². The van der Waals surface area contributed by atoms with E-state index in [2.05, 4.69) is 25.6 Å². The Morgan fingerprint density at radius 3 is 2.71 bits per heavy atom. The quantitative estimate of drug-likeness (QED) is 0.749. The predicted molar refractivity (Wildman–Crippen MR) is 50.4 cm³/mol. The molecule has 0 saturated carbocycles. The van der Waals surface area contributed by atoms with Crippen molar-refractivity contribution in [1.82, 2.24) is 25.0 Å². The highest BCUT2D eigenvalue weighted by Crippen LogP contribution is 2.03. The second-order valence-electron chi connectivity index (χ2n) is 2.83. The molecule has 0 bridgehead atoms. The van der Waals surface area contributed by atoms with Crippen molar-refractivity contribution in [3.05, 3.63) is 30.6 Å². The lowest BCUT2D eigenvalue weighted by Crippen LogP contribution is -2.05. The Hall–Kier alpha value is -1.98. The molecule has 0 spiro atoms. The molecule has 0 aliphatic rings. The van der Waals surface area contributed by atoms with Crippen molar-refractivity contribution in [2.45, 2.75) is 6.54 Å². The van der Waals surface area contributed by atoms with Crippen LogP contribution in [-0.2, 0) is 13.6 Å². The number of aryl methyl sites for hydroxylation is 1. The van der Waals surface area contributed by atoms with Crippen LogP contribution in [0.25, 0.3) is 0 Å². The number of rotatable bonds is 3. The van der Waals surface area contributed by atoms with E-state index in [1.807, 2.05) is 7.05 Å². The largest absolute Gasteiger partial charge is 0.377 e. The summed E-state index contributed by atoms with van der Waals surface area (Å²) < 4.78 is 1.72. The van der Waals surface area contributed by atoms with E-state index in [1.54, 1.807) is 23.3 Å². The minimum atomic E-state index is 0.664. The summed E-state index contributed by atoms with van der Waals surface area (Å²) in [4.78, 5) is 7.79. The maximum atomic E-state index is 3.90. The molecule has 0 atom stereocenters. The number of nitrogens with one attached hydrogen (secondary N) is 1. The van der Waals surface area contributed by atoms with E-state index < -0.39 is 0 Å². The van der Waals surface area contributed by atoms with Gasteiger partial charge in [-0.1, -0.05) is 5.21 Å². The van der Waals surface area contributed by atoms with Crippen molar-refractivity contribution in [2.24, 2.45) is 7.05 Å². The highest BCUT2D eigenvalue weighted by atomic mass is 15.4. The summed E-state index contributed by atoms with van der Waals surface area (Å²) in [5.74, 6) is 0. The van der Waals surface area contributed by atoms with E-state index in [0.29, 0.717) is 6.54 Å². The van der Waals surface area contributed by atoms with E-state index in [1.165, 1.54) is 6.33 Å². The second kappa shape index (κ2) is 3.82. The van der Waals surface area contributed by atoms with Crippen molar-refractivity contribution in [3.63, 3.8) is 0 Å². The van der Waals surface area contributed by atoms with Crippen molar-refractivity contribution >= 4 is 5.69 Å². The molecule has 6 heteroatoms. The first kappa shape index (κ1) is 8.61. The summed E-state index contributed by atoms with van der Waals surface area (Å²) in [6.45, 7) is 0.664. The van der Waals surface area contributed by atoms with Crippen molar-refractivity contribution in [3.8, 4) is 0 Å². The molecule has 6 nitrogen and oxygen atoms in total.